The molecule has 1 aromatic heterocycles. The van der Waals surface area contributed by atoms with Crippen molar-refractivity contribution in [3.05, 3.63) is 60.4 Å². The summed E-state index contributed by atoms with van der Waals surface area (Å²) in [5.41, 5.74) is 1.16. The predicted octanol–water partition coefficient (Wildman–Crippen LogP) is 2.08. The highest BCUT2D eigenvalue weighted by molar-refractivity contribution is 7.89. The van der Waals surface area contributed by atoms with E-state index >= 15 is 0 Å². The van der Waals surface area contributed by atoms with E-state index in [1.807, 2.05) is 32.0 Å². The van der Waals surface area contributed by atoms with Crippen molar-refractivity contribution in [1.29, 1.82) is 0 Å². The summed E-state index contributed by atoms with van der Waals surface area (Å²) in [7, 11) is -3.56. The molecular formula is C21H31N5O3S. The summed E-state index contributed by atoms with van der Waals surface area (Å²) in [6.07, 6.45) is 3.70. The van der Waals surface area contributed by atoms with Gasteiger partial charge in [-0.15, -0.1) is 0 Å². The molecule has 0 spiro atoms. The van der Waals surface area contributed by atoms with Crippen LogP contribution in [0.15, 0.2) is 64.7 Å². The molecule has 1 unspecified atom stereocenters. The summed E-state index contributed by atoms with van der Waals surface area (Å²) >= 11 is 0. The molecule has 1 aromatic carbocycles. The first-order chi connectivity index (χ1) is 14.5. The van der Waals surface area contributed by atoms with Gasteiger partial charge in [0.05, 0.1) is 6.10 Å². The minimum Gasteiger partial charge on any atom is -0.374 e. The number of aromatic nitrogens is 1. The Labute approximate surface area is 179 Å². The lowest BCUT2D eigenvalue weighted by molar-refractivity contribution is 0.0652. The van der Waals surface area contributed by atoms with Crippen molar-refractivity contribution in [1.82, 2.24) is 20.3 Å². The molecule has 9 heteroatoms. The van der Waals surface area contributed by atoms with E-state index in [4.69, 9.17) is 4.74 Å². The fourth-order valence-corrected chi connectivity index (χ4v) is 3.63. The molecule has 1 heterocycles. The van der Waals surface area contributed by atoms with Crippen molar-refractivity contribution in [2.24, 2.45) is 4.99 Å². The van der Waals surface area contributed by atoms with Crippen molar-refractivity contribution in [3.63, 3.8) is 0 Å². The minimum absolute atomic E-state index is 0.0504. The maximum absolute atomic E-state index is 12.2. The van der Waals surface area contributed by atoms with E-state index < -0.39 is 10.0 Å². The molecule has 8 nitrogen and oxygen atoms in total. The van der Waals surface area contributed by atoms with Crippen molar-refractivity contribution >= 4 is 16.0 Å². The van der Waals surface area contributed by atoms with E-state index in [-0.39, 0.29) is 17.5 Å². The third kappa shape index (κ3) is 8.48. The fraction of sp³-hybridized carbons (Fsp3) is 0.429. The normalized spacial score (nSPS) is 13.1. The molecule has 0 saturated carbocycles. The SMILES string of the molecule is CCNC(=NCCCOC(C)c1ccccc1)NCCNS(=O)(=O)c1cccnc1. The first-order valence-corrected chi connectivity index (χ1v) is 11.6. The lowest BCUT2D eigenvalue weighted by Crippen LogP contribution is -2.41. The van der Waals surface area contributed by atoms with Crippen LogP contribution < -0.4 is 15.4 Å². The molecule has 30 heavy (non-hydrogen) atoms. The lowest BCUT2D eigenvalue weighted by Gasteiger charge is -2.14. The topological polar surface area (TPSA) is 105 Å². The maximum atomic E-state index is 12.2. The standard InChI is InChI=1S/C21H31N5O3S/c1-3-23-21(24-13-8-16-29-18(2)19-9-5-4-6-10-19)25-14-15-26-30(27,28)20-11-7-12-22-17-20/h4-7,9-12,17-18,26H,3,8,13-16H2,1-2H3,(H2,23,24,25). The number of nitrogens with one attached hydrogen (secondary N) is 3. The quantitative estimate of drug-likeness (QED) is 0.269. The van der Waals surface area contributed by atoms with Gasteiger partial charge < -0.3 is 15.4 Å². The van der Waals surface area contributed by atoms with Crippen LogP contribution in [-0.4, -0.2) is 52.1 Å². The first kappa shape index (κ1) is 23.8. The molecule has 0 aliphatic carbocycles. The largest absolute Gasteiger partial charge is 0.374 e. The maximum Gasteiger partial charge on any atom is 0.242 e. The van der Waals surface area contributed by atoms with Crippen LogP contribution in [0.3, 0.4) is 0 Å². The molecule has 0 fully saturated rings. The average molecular weight is 434 g/mol. The third-order valence-electron chi connectivity index (χ3n) is 4.21. The van der Waals surface area contributed by atoms with E-state index in [0.29, 0.717) is 25.7 Å². The summed E-state index contributed by atoms with van der Waals surface area (Å²) in [5, 5.41) is 6.27. The van der Waals surface area contributed by atoms with Crippen molar-refractivity contribution < 1.29 is 13.2 Å². The Morgan fingerprint density at radius 3 is 2.63 bits per heavy atom. The van der Waals surface area contributed by atoms with Crippen LogP contribution in [-0.2, 0) is 14.8 Å². The molecule has 0 amide bonds. The molecule has 2 rings (SSSR count). The zero-order chi connectivity index (χ0) is 21.7. The van der Waals surface area contributed by atoms with Gasteiger partial charge in [0.15, 0.2) is 5.96 Å². The molecule has 0 aliphatic heterocycles. The minimum atomic E-state index is -3.56. The van der Waals surface area contributed by atoms with Crippen LogP contribution in [0.2, 0.25) is 0 Å². The number of nitrogens with zero attached hydrogens (tertiary/aromatic N) is 2. The number of sulfonamides is 1. The number of ether oxygens (including phenoxy) is 1. The molecule has 1 atom stereocenters. The molecule has 0 saturated heterocycles. The summed E-state index contributed by atoms with van der Waals surface area (Å²) < 4.78 is 32.7. The van der Waals surface area contributed by atoms with Gasteiger partial charge >= 0.3 is 0 Å². The predicted molar refractivity (Wildman–Crippen MR) is 119 cm³/mol. The van der Waals surface area contributed by atoms with Gasteiger partial charge in [-0.05, 0) is 38.0 Å². The van der Waals surface area contributed by atoms with Crippen molar-refractivity contribution in [2.75, 3.05) is 32.8 Å². The second kappa shape index (κ2) is 12.9. The van der Waals surface area contributed by atoms with E-state index in [9.17, 15) is 8.42 Å². The lowest BCUT2D eigenvalue weighted by atomic mass is 10.1. The van der Waals surface area contributed by atoms with E-state index in [2.05, 4.69) is 37.5 Å². The Balaban J connectivity index is 1.68. The number of hydrogen-bond acceptors (Lipinski definition) is 5. The highest BCUT2D eigenvalue weighted by Gasteiger charge is 2.12. The molecule has 0 aliphatic rings. The van der Waals surface area contributed by atoms with Crippen LogP contribution >= 0.6 is 0 Å². The zero-order valence-corrected chi connectivity index (χ0v) is 18.4. The Morgan fingerprint density at radius 2 is 1.93 bits per heavy atom. The Morgan fingerprint density at radius 1 is 1.13 bits per heavy atom. The first-order valence-electron chi connectivity index (χ1n) is 10.1. The molecular weight excluding hydrogens is 402 g/mol. The number of guanidine groups is 1. The van der Waals surface area contributed by atoms with Gasteiger partial charge in [0.1, 0.15) is 4.90 Å². The summed E-state index contributed by atoms with van der Waals surface area (Å²) in [5.74, 6) is 0.647. The molecule has 0 bridgehead atoms. The van der Waals surface area contributed by atoms with E-state index in [0.717, 1.165) is 18.5 Å². The third-order valence-corrected chi connectivity index (χ3v) is 5.65. The van der Waals surface area contributed by atoms with Crippen molar-refractivity contribution in [2.45, 2.75) is 31.3 Å². The van der Waals surface area contributed by atoms with Gasteiger partial charge in [-0.3, -0.25) is 9.98 Å². The number of hydrogen-bond donors (Lipinski definition) is 3. The number of rotatable bonds is 12. The monoisotopic (exact) mass is 433 g/mol. The highest BCUT2D eigenvalue weighted by Crippen LogP contribution is 2.15. The summed E-state index contributed by atoms with van der Waals surface area (Å²) in [6, 6.07) is 13.2. The second-order valence-electron chi connectivity index (χ2n) is 6.55. The van der Waals surface area contributed by atoms with Crippen LogP contribution in [0, 0.1) is 0 Å². The van der Waals surface area contributed by atoms with Gasteiger partial charge in [0.2, 0.25) is 10.0 Å². The van der Waals surface area contributed by atoms with Crippen LogP contribution in [0.5, 0.6) is 0 Å². The van der Waals surface area contributed by atoms with Crippen LogP contribution in [0.1, 0.15) is 31.9 Å². The average Bonchev–Trinajstić information content (AvgIpc) is 2.77. The fourth-order valence-electron chi connectivity index (χ4n) is 2.63. The highest BCUT2D eigenvalue weighted by atomic mass is 32.2. The number of benzene rings is 1. The summed E-state index contributed by atoms with van der Waals surface area (Å²) in [4.78, 5) is 8.49. The van der Waals surface area contributed by atoms with Gasteiger partial charge in [-0.1, -0.05) is 30.3 Å². The molecule has 2 aromatic rings. The molecule has 0 radical (unpaired) electrons. The Hall–Kier alpha value is -2.49. The van der Waals surface area contributed by atoms with Gasteiger partial charge in [-0.2, -0.15) is 0 Å². The van der Waals surface area contributed by atoms with Crippen molar-refractivity contribution in [3.8, 4) is 0 Å². The molecule has 3 N–H and O–H groups in total. The van der Waals surface area contributed by atoms with Crippen LogP contribution in [0.25, 0.3) is 0 Å². The number of aliphatic imine (C=N–C) groups is 1. The van der Waals surface area contributed by atoms with Gasteiger partial charge in [-0.25, -0.2) is 13.1 Å². The zero-order valence-electron chi connectivity index (χ0n) is 17.5. The van der Waals surface area contributed by atoms with Gasteiger partial charge in [0, 0.05) is 45.2 Å². The Kier molecular flexibility index (Phi) is 10.3. The van der Waals surface area contributed by atoms with Crippen LogP contribution in [0.4, 0.5) is 0 Å². The molecule has 164 valence electrons. The smallest absolute Gasteiger partial charge is 0.242 e. The second-order valence-corrected chi connectivity index (χ2v) is 8.32. The summed E-state index contributed by atoms with van der Waals surface area (Å²) in [6.45, 7) is 6.60. The van der Waals surface area contributed by atoms with E-state index in [1.165, 1.54) is 18.5 Å². The van der Waals surface area contributed by atoms with E-state index in [1.54, 1.807) is 6.07 Å². The van der Waals surface area contributed by atoms with Gasteiger partial charge in [0.25, 0.3) is 0 Å². The Bertz CT molecular complexity index is 861. The number of pyridine rings is 1.